The molecule has 0 atom stereocenters. The van der Waals surface area contributed by atoms with Crippen molar-refractivity contribution in [2.24, 2.45) is 0 Å². The van der Waals surface area contributed by atoms with E-state index in [1.54, 1.807) is 23.5 Å². The minimum Gasteiger partial charge on any atom is -0.383 e. The normalized spacial score (nSPS) is 16.0. The average Bonchev–Trinajstić information content (AvgIpc) is 3.01. The zero-order chi connectivity index (χ0) is 16.9. The number of sulfonamides is 1. The molecule has 0 unspecified atom stereocenters. The Morgan fingerprint density at radius 2 is 1.87 bits per heavy atom. The molecule has 1 aliphatic rings. The minimum atomic E-state index is -3.56. The molecule has 1 aromatic rings. The number of rotatable bonds is 7. The van der Waals surface area contributed by atoms with Crippen LogP contribution in [0.15, 0.2) is 29.2 Å². The fourth-order valence-electron chi connectivity index (χ4n) is 2.92. The molecule has 0 aliphatic heterocycles. The lowest BCUT2D eigenvalue weighted by Gasteiger charge is -2.28. The van der Waals surface area contributed by atoms with Crippen LogP contribution in [-0.2, 0) is 19.6 Å². The van der Waals surface area contributed by atoms with Crippen LogP contribution in [0.25, 0.3) is 0 Å². The third kappa shape index (κ3) is 4.53. The number of ether oxygens (including phenoxy) is 1. The number of carbonyl (C=O) groups excluding carboxylic acids is 1. The predicted octanol–water partition coefficient (Wildman–Crippen LogP) is 2.22. The number of anilines is 1. The largest absolute Gasteiger partial charge is 0.383 e. The molecule has 23 heavy (non-hydrogen) atoms. The van der Waals surface area contributed by atoms with E-state index in [0.717, 1.165) is 25.7 Å². The van der Waals surface area contributed by atoms with E-state index in [4.69, 9.17) is 4.74 Å². The topological polar surface area (TPSA) is 75.7 Å². The van der Waals surface area contributed by atoms with Gasteiger partial charge in [0.25, 0.3) is 0 Å². The standard InChI is InChI=1S/C16H24N2O4S/c1-13(19)17-14-7-9-16(10-8-14)23(20,21)18(11-12-22-2)15-5-3-4-6-15/h7-10,15H,3-6,11-12H2,1-2H3,(H,17,19). The van der Waals surface area contributed by atoms with Crippen LogP contribution < -0.4 is 5.32 Å². The van der Waals surface area contributed by atoms with Crippen LogP contribution in [0.1, 0.15) is 32.6 Å². The van der Waals surface area contributed by atoms with Crippen LogP contribution in [0.4, 0.5) is 5.69 Å². The number of hydrogen-bond donors (Lipinski definition) is 1. The summed E-state index contributed by atoms with van der Waals surface area (Å²) >= 11 is 0. The van der Waals surface area contributed by atoms with Gasteiger partial charge in [-0.2, -0.15) is 4.31 Å². The number of benzene rings is 1. The Balaban J connectivity index is 2.23. The van der Waals surface area contributed by atoms with E-state index in [1.807, 2.05) is 0 Å². The summed E-state index contributed by atoms with van der Waals surface area (Å²) in [5.74, 6) is -0.187. The van der Waals surface area contributed by atoms with Crippen molar-refractivity contribution in [3.63, 3.8) is 0 Å². The van der Waals surface area contributed by atoms with E-state index < -0.39 is 10.0 Å². The first-order valence-corrected chi connectivity index (χ1v) is 9.27. The van der Waals surface area contributed by atoms with E-state index in [2.05, 4.69) is 5.32 Å². The van der Waals surface area contributed by atoms with Gasteiger partial charge < -0.3 is 10.1 Å². The molecule has 0 aromatic heterocycles. The van der Waals surface area contributed by atoms with Crippen LogP contribution in [0.2, 0.25) is 0 Å². The number of carbonyl (C=O) groups is 1. The molecule has 1 amide bonds. The van der Waals surface area contributed by atoms with Crippen molar-refractivity contribution in [3.05, 3.63) is 24.3 Å². The van der Waals surface area contributed by atoms with Crippen LogP contribution >= 0.6 is 0 Å². The van der Waals surface area contributed by atoms with Crippen molar-refractivity contribution < 1.29 is 17.9 Å². The molecule has 2 rings (SSSR count). The van der Waals surface area contributed by atoms with Crippen molar-refractivity contribution >= 4 is 21.6 Å². The fraction of sp³-hybridized carbons (Fsp3) is 0.562. The smallest absolute Gasteiger partial charge is 0.243 e. The first-order valence-electron chi connectivity index (χ1n) is 7.83. The van der Waals surface area contributed by atoms with E-state index >= 15 is 0 Å². The molecule has 7 heteroatoms. The van der Waals surface area contributed by atoms with Gasteiger partial charge in [-0.05, 0) is 37.1 Å². The Morgan fingerprint density at radius 1 is 1.26 bits per heavy atom. The van der Waals surface area contributed by atoms with Gasteiger partial charge >= 0.3 is 0 Å². The molecule has 1 aromatic carbocycles. The summed E-state index contributed by atoms with van der Waals surface area (Å²) in [6, 6.07) is 6.34. The lowest BCUT2D eigenvalue weighted by Crippen LogP contribution is -2.40. The fourth-order valence-corrected chi connectivity index (χ4v) is 4.59. The Kier molecular flexibility index (Phi) is 6.15. The lowest BCUT2D eigenvalue weighted by atomic mass is 10.2. The van der Waals surface area contributed by atoms with Crippen molar-refractivity contribution in [2.45, 2.75) is 43.5 Å². The van der Waals surface area contributed by atoms with Gasteiger partial charge in [-0.15, -0.1) is 0 Å². The summed E-state index contributed by atoms with van der Waals surface area (Å²) in [6.45, 7) is 2.15. The molecule has 6 nitrogen and oxygen atoms in total. The molecule has 128 valence electrons. The molecule has 0 saturated heterocycles. The second kappa shape index (κ2) is 7.90. The molecular formula is C16H24N2O4S. The second-order valence-electron chi connectivity index (χ2n) is 5.75. The molecular weight excluding hydrogens is 316 g/mol. The highest BCUT2D eigenvalue weighted by Gasteiger charge is 2.32. The highest BCUT2D eigenvalue weighted by atomic mass is 32.2. The summed E-state index contributed by atoms with van der Waals surface area (Å²) in [4.78, 5) is 11.3. The summed E-state index contributed by atoms with van der Waals surface area (Å²) in [7, 11) is -1.99. The average molecular weight is 340 g/mol. The molecule has 1 fully saturated rings. The first-order chi connectivity index (χ1) is 10.9. The van der Waals surface area contributed by atoms with Crippen molar-refractivity contribution in [1.29, 1.82) is 0 Å². The SMILES string of the molecule is COCCN(C1CCCC1)S(=O)(=O)c1ccc(NC(C)=O)cc1. The third-order valence-corrected chi connectivity index (χ3v) is 6.00. The number of nitrogens with zero attached hydrogens (tertiary/aromatic N) is 1. The molecule has 0 radical (unpaired) electrons. The highest BCUT2D eigenvalue weighted by molar-refractivity contribution is 7.89. The van der Waals surface area contributed by atoms with Gasteiger partial charge in [0.05, 0.1) is 11.5 Å². The Hall–Kier alpha value is -1.44. The zero-order valence-electron chi connectivity index (χ0n) is 13.6. The predicted molar refractivity (Wildman–Crippen MR) is 88.8 cm³/mol. The summed E-state index contributed by atoms with van der Waals surface area (Å²) in [6.07, 6.45) is 3.91. The van der Waals surface area contributed by atoms with Gasteiger partial charge in [0.15, 0.2) is 0 Å². The third-order valence-electron chi connectivity index (χ3n) is 4.03. The quantitative estimate of drug-likeness (QED) is 0.826. The first kappa shape index (κ1) is 17.9. The molecule has 0 bridgehead atoms. The van der Waals surface area contributed by atoms with Gasteiger partial charge in [0.1, 0.15) is 0 Å². The maximum atomic E-state index is 12.9. The summed E-state index contributed by atoms with van der Waals surface area (Å²) < 4.78 is 32.5. The van der Waals surface area contributed by atoms with Gasteiger partial charge in [-0.25, -0.2) is 8.42 Å². The van der Waals surface area contributed by atoms with Crippen molar-refractivity contribution in [3.8, 4) is 0 Å². The maximum Gasteiger partial charge on any atom is 0.243 e. The summed E-state index contributed by atoms with van der Waals surface area (Å²) in [5, 5.41) is 2.63. The zero-order valence-corrected chi connectivity index (χ0v) is 14.4. The molecule has 0 spiro atoms. The lowest BCUT2D eigenvalue weighted by molar-refractivity contribution is -0.114. The number of methoxy groups -OCH3 is 1. The van der Waals surface area contributed by atoms with Gasteiger partial charge in [-0.3, -0.25) is 4.79 Å². The van der Waals surface area contributed by atoms with E-state index in [1.165, 1.54) is 19.1 Å². The summed E-state index contributed by atoms with van der Waals surface area (Å²) in [5.41, 5.74) is 0.584. The maximum absolute atomic E-state index is 12.9. The highest BCUT2D eigenvalue weighted by Crippen LogP contribution is 2.29. The number of amides is 1. The van der Waals surface area contributed by atoms with Gasteiger partial charge in [0, 0.05) is 32.3 Å². The Morgan fingerprint density at radius 3 is 2.39 bits per heavy atom. The monoisotopic (exact) mass is 340 g/mol. The van der Waals surface area contributed by atoms with Crippen LogP contribution in [0.3, 0.4) is 0 Å². The number of nitrogens with one attached hydrogen (secondary N) is 1. The van der Waals surface area contributed by atoms with Crippen molar-refractivity contribution in [1.82, 2.24) is 4.31 Å². The Bertz CT molecular complexity index is 622. The molecule has 1 aliphatic carbocycles. The molecule has 1 saturated carbocycles. The van der Waals surface area contributed by atoms with Crippen LogP contribution in [0, 0.1) is 0 Å². The van der Waals surface area contributed by atoms with E-state index in [0.29, 0.717) is 18.8 Å². The van der Waals surface area contributed by atoms with Crippen LogP contribution in [0.5, 0.6) is 0 Å². The Labute approximate surface area is 137 Å². The van der Waals surface area contributed by atoms with E-state index in [-0.39, 0.29) is 16.8 Å². The van der Waals surface area contributed by atoms with Gasteiger partial charge in [0.2, 0.25) is 15.9 Å². The molecule has 1 N–H and O–H groups in total. The van der Waals surface area contributed by atoms with Gasteiger partial charge in [-0.1, -0.05) is 12.8 Å². The van der Waals surface area contributed by atoms with E-state index in [9.17, 15) is 13.2 Å². The number of hydrogen-bond acceptors (Lipinski definition) is 4. The van der Waals surface area contributed by atoms with Crippen LogP contribution in [-0.4, -0.2) is 44.9 Å². The molecule has 0 heterocycles. The minimum absolute atomic E-state index is 0.0465. The van der Waals surface area contributed by atoms with Crippen molar-refractivity contribution in [2.75, 3.05) is 25.6 Å². The second-order valence-corrected chi connectivity index (χ2v) is 7.64.